The van der Waals surface area contributed by atoms with E-state index in [-0.39, 0.29) is 0 Å². The fourth-order valence-corrected chi connectivity index (χ4v) is 1.75. The van der Waals surface area contributed by atoms with Gasteiger partial charge in [-0.1, -0.05) is 31.9 Å². The van der Waals surface area contributed by atoms with Gasteiger partial charge in [-0.05, 0) is 38.2 Å². The molecular formula is C14H24N2. The number of rotatable bonds is 7. The van der Waals surface area contributed by atoms with Gasteiger partial charge in [0, 0.05) is 18.8 Å². The third-order valence-corrected chi connectivity index (χ3v) is 2.54. The van der Waals surface area contributed by atoms with E-state index in [1.165, 1.54) is 30.5 Å². The maximum absolute atomic E-state index is 3.47. The Labute approximate surface area is 99.7 Å². The summed E-state index contributed by atoms with van der Waals surface area (Å²) in [4.78, 5) is 2.19. The lowest BCUT2D eigenvalue weighted by molar-refractivity contribution is 0.402. The molecule has 0 saturated carbocycles. The molecule has 2 nitrogen and oxygen atoms in total. The van der Waals surface area contributed by atoms with Gasteiger partial charge < -0.3 is 10.2 Å². The van der Waals surface area contributed by atoms with E-state index in [9.17, 15) is 0 Å². The van der Waals surface area contributed by atoms with Crippen LogP contribution in [-0.2, 0) is 6.54 Å². The summed E-state index contributed by atoms with van der Waals surface area (Å²) in [5.74, 6) is 0. The molecule has 1 aromatic rings. The number of nitrogens with one attached hydrogen (secondary N) is 1. The van der Waals surface area contributed by atoms with Gasteiger partial charge in [-0.25, -0.2) is 0 Å². The van der Waals surface area contributed by atoms with Gasteiger partial charge in [0.15, 0.2) is 0 Å². The monoisotopic (exact) mass is 220 g/mol. The molecule has 16 heavy (non-hydrogen) atoms. The van der Waals surface area contributed by atoms with E-state index < -0.39 is 0 Å². The average Bonchev–Trinajstić information content (AvgIpc) is 2.24. The summed E-state index contributed by atoms with van der Waals surface area (Å²) in [5, 5.41) is 3.47. The minimum Gasteiger partial charge on any atom is -0.385 e. The number of hydrogen-bond acceptors (Lipinski definition) is 2. The minimum absolute atomic E-state index is 1.00. The molecule has 1 N–H and O–H groups in total. The van der Waals surface area contributed by atoms with Crippen LogP contribution >= 0.6 is 0 Å². The Hall–Kier alpha value is -1.02. The van der Waals surface area contributed by atoms with Crippen LogP contribution in [0.4, 0.5) is 5.69 Å². The summed E-state index contributed by atoms with van der Waals surface area (Å²) in [5.41, 5.74) is 2.61. The van der Waals surface area contributed by atoms with Gasteiger partial charge in [0.05, 0.1) is 0 Å². The summed E-state index contributed by atoms with van der Waals surface area (Å²) >= 11 is 0. The topological polar surface area (TPSA) is 15.3 Å². The fraction of sp³-hybridized carbons (Fsp3) is 0.571. The molecule has 0 aliphatic carbocycles. The van der Waals surface area contributed by atoms with Gasteiger partial charge in [0.25, 0.3) is 0 Å². The summed E-state index contributed by atoms with van der Waals surface area (Å²) in [6.45, 7) is 4.32. The first-order valence-corrected chi connectivity index (χ1v) is 6.20. The van der Waals surface area contributed by atoms with Gasteiger partial charge in [0.1, 0.15) is 0 Å². The van der Waals surface area contributed by atoms with Crippen molar-refractivity contribution >= 4 is 5.69 Å². The van der Waals surface area contributed by atoms with Crippen molar-refractivity contribution in [1.82, 2.24) is 4.90 Å². The maximum Gasteiger partial charge on any atom is 0.0343 e. The third-order valence-electron chi connectivity index (χ3n) is 2.54. The van der Waals surface area contributed by atoms with Crippen LogP contribution in [0.3, 0.4) is 0 Å². The van der Waals surface area contributed by atoms with Crippen molar-refractivity contribution in [1.29, 1.82) is 0 Å². The van der Waals surface area contributed by atoms with Gasteiger partial charge in [0.2, 0.25) is 0 Å². The van der Waals surface area contributed by atoms with Crippen LogP contribution in [0.5, 0.6) is 0 Å². The van der Waals surface area contributed by atoms with E-state index in [4.69, 9.17) is 0 Å². The van der Waals surface area contributed by atoms with E-state index in [1.807, 2.05) is 0 Å². The van der Waals surface area contributed by atoms with Crippen LogP contribution in [0.2, 0.25) is 0 Å². The van der Waals surface area contributed by atoms with E-state index in [0.29, 0.717) is 0 Å². The van der Waals surface area contributed by atoms with Crippen molar-refractivity contribution in [3.05, 3.63) is 29.8 Å². The van der Waals surface area contributed by atoms with Gasteiger partial charge in [-0.15, -0.1) is 0 Å². The van der Waals surface area contributed by atoms with E-state index >= 15 is 0 Å². The highest BCUT2D eigenvalue weighted by Crippen LogP contribution is 2.12. The maximum atomic E-state index is 3.47. The molecule has 1 rings (SSSR count). The molecule has 0 atom stereocenters. The zero-order valence-electron chi connectivity index (χ0n) is 10.8. The molecule has 2 heteroatoms. The second-order valence-corrected chi connectivity index (χ2v) is 4.57. The molecule has 0 aromatic heterocycles. The Morgan fingerprint density at radius 3 is 2.69 bits per heavy atom. The van der Waals surface area contributed by atoms with E-state index in [0.717, 1.165) is 13.1 Å². The smallest absolute Gasteiger partial charge is 0.0343 e. The Morgan fingerprint density at radius 2 is 2.00 bits per heavy atom. The normalized spacial score (nSPS) is 10.8. The standard InChI is InChI=1S/C14H24N2/c1-4-5-6-10-15-14-9-7-8-13(11-14)12-16(2)3/h7-9,11,15H,4-6,10,12H2,1-3H3. The predicted molar refractivity (Wildman–Crippen MR) is 71.8 cm³/mol. The lowest BCUT2D eigenvalue weighted by atomic mass is 10.2. The first kappa shape index (κ1) is 13.0. The molecule has 0 spiro atoms. The van der Waals surface area contributed by atoms with Crippen LogP contribution in [0.15, 0.2) is 24.3 Å². The Balaban J connectivity index is 2.41. The lowest BCUT2D eigenvalue weighted by Gasteiger charge is -2.11. The second kappa shape index (κ2) is 7.29. The predicted octanol–water partition coefficient (Wildman–Crippen LogP) is 3.35. The number of anilines is 1. The zero-order chi connectivity index (χ0) is 11.8. The highest BCUT2D eigenvalue weighted by Gasteiger charge is 1.97. The van der Waals surface area contributed by atoms with Crippen LogP contribution < -0.4 is 5.32 Å². The largest absolute Gasteiger partial charge is 0.385 e. The highest BCUT2D eigenvalue weighted by atomic mass is 15.0. The molecule has 0 bridgehead atoms. The summed E-state index contributed by atoms with van der Waals surface area (Å²) in [6.07, 6.45) is 3.85. The van der Waals surface area contributed by atoms with Crippen molar-refractivity contribution < 1.29 is 0 Å². The summed E-state index contributed by atoms with van der Waals surface area (Å²) in [7, 11) is 4.20. The van der Waals surface area contributed by atoms with Gasteiger partial charge in [-0.3, -0.25) is 0 Å². The number of unbranched alkanes of at least 4 members (excludes halogenated alkanes) is 2. The molecule has 1 aromatic carbocycles. The molecule has 0 amide bonds. The molecule has 0 fully saturated rings. The minimum atomic E-state index is 1.00. The van der Waals surface area contributed by atoms with Crippen LogP contribution in [0, 0.1) is 0 Å². The highest BCUT2D eigenvalue weighted by molar-refractivity contribution is 5.45. The first-order chi connectivity index (χ1) is 7.72. The van der Waals surface area contributed by atoms with E-state index in [1.54, 1.807) is 0 Å². The van der Waals surface area contributed by atoms with Gasteiger partial charge >= 0.3 is 0 Å². The Bertz CT molecular complexity index is 295. The summed E-state index contributed by atoms with van der Waals surface area (Å²) in [6, 6.07) is 8.69. The molecular weight excluding hydrogens is 196 g/mol. The molecule has 0 saturated heterocycles. The third kappa shape index (κ3) is 5.17. The van der Waals surface area contributed by atoms with Crippen LogP contribution in [0.25, 0.3) is 0 Å². The van der Waals surface area contributed by atoms with Crippen molar-refractivity contribution in [2.45, 2.75) is 32.7 Å². The van der Waals surface area contributed by atoms with Crippen LogP contribution in [-0.4, -0.2) is 25.5 Å². The van der Waals surface area contributed by atoms with Crippen molar-refractivity contribution in [3.63, 3.8) is 0 Å². The van der Waals surface area contributed by atoms with Gasteiger partial charge in [-0.2, -0.15) is 0 Å². The van der Waals surface area contributed by atoms with E-state index in [2.05, 4.69) is 55.5 Å². The first-order valence-electron chi connectivity index (χ1n) is 6.20. The molecule has 0 heterocycles. The summed E-state index contributed by atoms with van der Waals surface area (Å²) < 4.78 is 0. The molecule has 0 aliphatic heterocycles. The number of hydrogen-bond donors (Lipinski definition) is 1. The van der Waals surface area contributed by atoms with Crippen molar-refractivity contribution in [2.24, 2.45) is 0 Å². The molecule has 90 valence electrons. The second-order valence-electron chi connectivity index (χ2n) is 4.57. The molecule has 0 radical (unpaired) electrons. The fourth-order valence-electron chi connectivity index (χ4n) is 1.75. The van der Waals surface area contributed by atoms with Crippen molar-refractivity contribution in [2.75, 3.05) is 26.0 Å². The number of benzene rings is 1. The van der Waals surface area contributed by atoms with Crippen LogP contribution in [0.1, 0.15) is 31.7 Å². The molecule has 0 unspecified atom stereocenters. The number of nitrogens with zero attached hydrogens (tertiary/aromatic N) is 1. The average molecular weight is 220 g/mol. The lowest BCUT2D eigenvalue weighted by Crippen LogP contribution is -2.11. The Kier molecular flexibility index (Phi) is 5.94. The molecule has 0 aliphatic rings. The van der Waals surface area contributed by atoms with Crippen molar-refractivity contribution in [3.8, 4) is 0 Å². The zero-order valence-corrected chi connectivity index (χ0v) is 10.8. The SMILES string of the molecule is CCCCCNc1cccc(CN(C)C)c1. The quantitative estimate of drug-likeness (QED) is 0.709. The Morgan fingerprint density at radius 1 is 1.19 bits per heavy atom.